The molecule has 0 radical (unpaired) electrons. The molecule has 0 bridgehead atoms. The van der Waals surface area contributed by atoms with Crippen LogP contribution in [0.15, 0.2) is 34.9 Å². The topological polar surface area (TPSA) is 67.4 Å². The standard InChI is InChI=1S/C14H15BrClN5O2/c15-11-9-20(17-14(11)21(22)23)10-18-5-7-19(8-6-18)13-4-2-1-3-12(13)16/h1-4,9H,5-8,10H2. The van der Waals surface area contributed by atoms with Gasteiger partial charge in [-0.2, -0.15) is 4.68 Å². The maximum Gasteiger partial charge on any atom is 0.404 e. The van der Waals surface area contributed by atoms with Gasteiger partial charge in [0, 0.05) is 26.2 Å². The first-order chi connectivity index (χ1) is 11.0. The highest BCUT2D eigenvalue weighted by Crippen LogP contribution is 2.26. The minimum absolute atomic E-state index is 0.153. The molecule has 1 aliphatic rings. The molecule has 0 amide bonds. The van der Waals surface area contributed by atoms with Gasteiger partial charge in [0.2, 0.25) is 0 Å². The number of anilines is 1. The number of piperazine rings is 1. The van der Waals surface area contributed by atoms with E-state index in [4.69, 9.17) is 11.6 Å². The molecule has 2 heterocycles. The summed E-state index contributed by atoms with van der Waals surface area (Å²) in [6.45, 7) is 3.93. The van der Waals surface area contributed by atoms with Gasteiger partial charge in [-0.1, -0.05) is 23.7 Å². The van der Waals surface area contributed by atoms with E-state index in [1.807, 2.05) is 24.3 Å². The fourth-order valence-electron chi connectivity index (χ4n) is 2.63. The number of hydrogen-bond donors (Lipinski definition) is 0. The molecule has 0 unspecified atom stereocenters. The fraction of sp³-hybridized carbons (Fsp3) is 0.357. The van der Waals surface area contributed by atoms with Gasteiger partial charge in [-0.05, 0) is 33.0 Å². The molecular formula is C14H15BrClN5O2. The molecule has 122 valence electrons. The highest BCUT2D eigenvalue weighted by molar-refractivity contribution is 9.10. The van der Waals surface area contributed by atoms with Gasteiger partial charge in [0.05, 0.1) is 22.0 Å². The Labute approximate surface area is 146 Å². The molecule has 23 heavy (non-hydrogen) atoms. The van der Waals surface area contributed by atoms with Crippen LogP contribution in [0.2, 0.25) is 5.02 Å². The highest BCUT2D eigenvalue weighted by Gasteiger charge is 2.23. The van der Waals surface area contributed by atoms with Crippen molar-refractivity contribution in [1.82, 2.24) is 14.7 Å². The van der Waals surface area contributed by atoms with Crippen LogP contribution in [-0.4, -0.2) is 45.8 Å². The number of halogens is 2. The maximum absolute atomic E-state index is 10.8. The zero-order valence-electron chi connectivity index (χ0n) is 12.2. The average Bonchev–Trinajstić information content (AvgIpc) is 2.89. The number of para-hydroxylation sites is 1. The Morgan fingerprint density at radius 1 is 1.26 bits per heavy atom. The van der Waals surface area contributed by atoms with E-state index in [9.17, 15) is 10.1 Å². The van der Waals surface area contributed by atoms with E-state index in [0.29, 0.717) is 11.1 Å². The molecule has 1 aromatic carbocycles. The summed E-state index contributed by atoms with van der Waals surface area (Å²) < 4.78 is 1.99. The lowest BCUT2D eigenvalue weighted by atomic mass is 10.2. The monoisotopic (exact) mass is 399 g/mol. The van der Waals surface area contributed by atoms with Gasteiger partial charge in [-0.3, -0.25) is 4.90 Å². The second-order valence-corrected chi connectivity index (χ2v) is 6.56. The summed E-state index contributed by atoms with van der Waals surface area (Å²) in [5.74, 6) is -0.153. The summed E-state index contributed by atoms with van der Waals surface area (Å²) in [4.78, 5) is 14.8. The Kier molecular flexibility index (Phi) is 4.84. The van der Waals surface area contributed by atoms with Crippen molar-refractivity contribution in [3.05, 3.63) is 50.1 Å². The summed E-state index contributed by atoms with van der Waals surface area (Å²) in [6, 6.07) is 7.81. The van der Waals surface area contributed by atoms with Crippen molar-refractivity contribution in [1.29, 1.82) is 0 Å². The van der Waals surface area contributed by atoms with Crippen molar-refractivity contribution >= 4 is 39.0 Å². The summed E-state index contributed by atoms with van der Waals surface area (Å²) in [7, 11) is 0. The maximum atomic E-state index is 10.8. The largest absolute Gasteiger partial charge is 0.404 e. The van der Waals surface area contributed by atoms with Crippen molar-refractivity contribution in [3.63, 3.8) is 0 Å². The summed E-state index contributed by atoms with van der Waals surface area (Å²) in [5, 5.41) is 15.6. The Morgan fingerprint density at radius 3 is 2.57 bits per heavy atom. The minimum Gasteiger partial charge on any atom is -0.368 e. The van der Waals surface area contributed by atoms with E-state index in [0.717, 1.165) is 36.9 Å². The van der Waals surface area contributed by atoms with Gasteiger partial charge >= 0.3 is 5.82 Å². The molecule has 0 aliphatic carbocycles. The summed E-state index contributed by atoms with van der Waals surface area (Å²) in [5.41, 5.74) is 1.05. The molecule has 1 saturated heterocycles. The van der Waals surface area contributed by atoms with Crippen LogP contribution in [0.25, 0.3) is 0 Å². The van der Waals surface area contributed by atoms with Crippen molar-refractivity contribution in [2.45, 2.75) is 6.67 Å². The minimum atomic E-state index is -0.490. The molecule has 0 spiro atoms. The van der Waals surface area contributed by atoms with Gasteiger partial charge < -0.3 is 15.0 Å². The molecule has 1 aromatic heterocycles. The quantitative estimate of drug-likeness (QED) is 0.583. The van der Waals surface area contributed by atoms with Gasteiger partial charge in [-0.25, -0.2) is 0 Å². The van der Waals surface area contributed by atoms with Crippen LogP contribution >= 0.6 is 27.5 Å². The van der Waals surface area contributed by atoms with Crippen LogP contribution in [0.5, 0.6) is 0 Å². The van der Waals surface area contributed by atoms with Crippen LogP contribution in [0, 0.1) is 10.1 Å². The Morgan fingerprint density at radius 2 is 1.96 bits per heavy atom. The van der Waals surface area contributed by atoms with E-state index >= 15 is 0 Å². The van der Waals surface area contributed by atoms with Gasteiger partial charge in [0.1, 0.15) is 11.1 Å². The fourth-order valence-corrected chi connectivity index (χ4v) is 3.34. The molecule has 0 atom stereocenters. The lowest BCUT2D eigenvalue weighted by Gasteiger charge is -2.35. The van der Waals surface area contributed by atoms with Crippen LogP contribution < -0.4 is 4.90 Å². The number of benzene rings is 1. The molecule has 0 saturated carbocycles. The summed E-state index contributed by atoms with van der Waals surface area (Å²) >= 11 is 9.40. The average molecular weight is 401 g/mol. The van der Waals surface area contributed by atoms with Crippen molar-refractivity contribution in [2.75, 3.05) is 31.1 Å². The number of rotatable bonds is 4. The van der Waals surface area contributed by atoms with E-state index in [1.54, 1.807) is 10.9 Å². The van der Waals surface area contributed by atoms with Crippen LogP contribution in [0.4, 0.5) is 11.5 Å². The number of nitrogens with zero attached hydrogens (tertiary/aromatic N) is 5. The number of aromatic nitrogens is 2. The van der Waals surface area contributed by atoms with Crippen LogP contribution in [0.1, 0.15) is 0 Å². The van der Waals surface area contributed by atoms with Crippen molar-refractivity contribution in [2.24, 2.45) is 0 Å². The normalized spacial score (nSPS) is 15.8. The molecule has 0 N–H and O–H groups in total. The molecule has 2 aromatic rings. The lowest BCUT2D eigenvalue weighted by molar-refractivity contribution is -0.390. The zero-order chi connectivity index (χ0) is 16.4. The first-order valence-corrected chi connectivity index (χ1v) is 8.31. The number of nitro groups is 1. The molecule has 3 rings (SSSR count). The number of hydrogen-bond acceptors (Lipinski definition) is 5. The Balaban J connectivity index is 1.60. The van der Waals surface area contributed by atoms with E-state index in [-0.39, 0.29) is 5.82 Å². The smallest absolute Gasteiger partial charge is 0.368 e. The predicted octanol–water partition coefficient (Wildman–Crippen LogP) is 2.99. The first kappa shape index (κ1) is 16.2. The lowest BCUT2D eigenvalue weighted by Crippen LogP contribution is -2.47. The van der Waals surface area contributed by atoms with E-state index < -0.39 is 4.92 Å². The molecule has 1 fully saturated rings. The van der Waals surface area contributed by atoms with E-state index in [2.05, 4.69) is 30.8 Å². The zero-order valence-corrected chi connectivity index (χ0v) is 14.6. The third kappa shape index (κ3) is 3.65. The molecular weight excluding hydrogens is 386 g/mol. The van der Waals surface area contributed by atoms with Crippen LogP contribution in [0.3, 0.4) is 0 Å². The second-order valence-electron chi connectivity index (χ2n) is 5.30. The van der Waals surface area contributed by atoms with Crippen LogP contribution in [-0.2, 0) is 6.67 Å². The van der Waals surface area contributed by atoms with Gasteiger partial charge in [0.15, 0.2) is 0 Å². The molecule has 9 heteroatoms. The predicted molar refractivity (Wildman–Crippen MR) is 91.8 cm³/mol. The third-order valence-corrected chi connectivity index (χ3v) is 4.66. The SMILES string of the molecule is O=[N+]([O-])c1nn(CN2CCN(c3ccccc3Cl)CC2)cc1Br. The van der Waals surface area contributed by atoms with E-state index in [1.165, 1.54) is 0 Å². The Bertz CT molecular complexity index is 715. The highest BCUT2D eigenvalue weighted by atomic mass is 79.9. The summed E-state index contributed by atoms with van der Waals surface area (Å²) in [6.07, 6.45) is 1.64. The van der Waals surface area contributed by atoms with Gasteiger partial charge in [0.25, 0.3) is 0 Å². The van der Waals surface area contributed by atoms with Gasteiger partial charge in [-0.15, -0.1) is 0 Å². The first-order valence-electron chi connectivity index (χ1n) is 7.14. The third-order valence-electron chi connectivity index (χ3n) is 3.78. The van der Waals surface area contributed by atoms with Crippen molar-refractivity contribution < 1.29 is 4.92 Å². The molecule has 1 aliphatic heterocycles. The van der Waals surface area contributed by atoms with Crippen molar-refractivity contribution in [3.8, 4) is 0 Å². The Hall–Kier alpha value is -1.64. The second kappa shape index (κ2) is 6.86. The molecule has 7 nitrogen and oxygen atoms in total.